The first-order chi connectivity index (χ1) is 15.5. The smallest absolute Gasteiger partial charge is 0.321 e. The van der Waals surface area contributed by atoms with Crippen LogP contribution in [0.3, 0.4) is 0 Å². The summed E-state index contributed by atoms with van der Waals surface area (Å²) in [6, 6.07) is 25.4. The molecule has 2 amide bonds. The lowest BCUT2D eigenvalue weighted by Crippen LogP contribution is -2.38. The SMILES string of the molecule is Cc1cccc(N(C(N)=O)[C@H]2N=C(c3ccccc3)c3ccccc3-c3nc(C)sc32)c1. The second-order valence-corrected chi connectivity index (χ2v) is 8.99. The van der Waals surface area contributed by atoms with Crippen molar-refractivity contribution < 1.29 is 4.79 Å². The van der Waals surface area contributed by atoms with E-state index < -0.39 is 12.2 Å². The van der Waals surface area contributed by atoms with Gasteiger partial charge in [0.2, 0.25) is 0 Å². The summed E-state index contributed by atoms with van der Waals surface area (Å²) in [4.78, 5) is 25.3. The van der Waals surface area contributed by atoms with E-state index in [1.165, 1.54) is 0 Å². The molecule has 5 rings (SSSR count). The van der Waals surface area contributed by atoms with Crippen molar-refractivity contribution in [1.29, 1.82) is 0 Å². The summed E-state index contributed by atoms with van der Waals surface area (Å²) < 4.78 is 0. The number of hydrogen-bond donors (Lipinski definition) is 1. The maximum absolute atomic E-state index is 12.8. The fourth-order valence-electron chi connectivity index (χ4n) is 4.13. The maximum atomic E-state index is 12.8. The molecule has 1 aliphatic rings. The molecule has 32 heavy (non-hydrogen) atoms. The molecule has 4 aromatic rings. The Kier molecular flexibility index (Phi) is 5.07. The molecule has 0 radical (unpaired) electrons. The molecular weight excluding hydrogens is 416 g/mol. The number of carbonyl (C=O) groups excluding carboxylic acids is 1. The van der Waals surface area contributed by atoms with Crippen LogP contribution in [-0.2, 0) is 0 Å². The van der Waals surface area contributed by atoms with E-state index in [4.69, 9.17) is 15.7 Å². The van der Waals surface area contributed by atoms with Gasteiger partial charge in [-0.25, -0.2) is 9.78 Å². The van der Waals surface area contributed by atoms with Gasteiger partial charge >= 0.3 is 6.03 Å². The predicted octanol–water partition coefficient (Wildman–Crippen LogP) is 5.86. The van der Waals surface area contributed by atoms with Crippen LogP contribution < -0.4 is 10.6 Å². The Labute approximate surface area is 190 Å². The van der Waals surface area contributed by atoms with Crippen molar-refractivity contribution in [3.05, 3.63) is 105 Å². The third-order valence-electron chi connectivity index (χ3n) is 5.49. The maximum Gasteiger partial charge on any atom is 0.321 e. The van der Waals surface area contributed by atoms with Crippen LogP contribution in [0.25, 0.3) is 11.3 Å². The molecule has 0 fully saturated rings. The Bertz CT molecular complexity index is 1340. The van der Waals surface area contributed by atoms with E-state index >= 15 is 0 Å². The minimum absolute atomic E-state index is 0.556. The number of aliphatic imine (C=N–C) groups is 1. The third-order valence-corrected chi connectivity index (χ3v) is 6.50. The van der Waals surface area contributed by atoms with Crippen molar-refractivity contribution in [1.82, 2.24) is 4.98 Å². The van der Waals surface area contributed by atoms with E-state index in [0.29, 0.717) is 5.69 Å². The number of rotatable bonds is 3. The van der Waals surface area contributed by atoms with Crippen LogP contribution in [0.15, 0.2) is 83.9 Å². The first-order valence-corrected chi connectivity index (χ1v) is 11.2. The minimum atomic E-state index is -0.627. The van der Waals surface area contributed by atoms with Crippen molar-refractivity contribution in [2.75, 3.05) is 4.90 Å². The molecule has 5 nitrogen and oxygen atoms in total. The van der Waals surface area contributed by atoms with Gasteiger partial charge in [-0.1, -0.05) is 66.7 Å². The number of amides is 2. The molecule has 0 saturated heterocycles. The molecule has 0 bridgehead atoms. The second-order valence-electron chi connectivity index (χ2n) is 7.76. The molecule has 1 atom stereocenters. The van der Waals surface area contributed by atoms with Gasteiger partial charge in [-0.05, 0) is 31.5 Å². The van der Waals surface area contributed by atoms with Crippen molar-refractivity contribution in [2.24, 2.45) is 10.7 Å². The van der Waals surface area contributed by atoms with Crippen molar-refractivity contribution in [2.45, 2.75) is 20.0 Å². The highest BCUT2D eigenvalue weighted by molar-refractivity contribution is 7.12. The Balaban J connectivity index is 1.81. The van der Waals surface area contributed by atoms with Crippen LogP contribution in [-0.4, -0.2) is 16.7 Å². The number of anilines is 1. The molecule has 1 aromatic heterocycles. The lowest BCUT2D eigenvalue weighted by molar-refractivity contribution is 0.252. The Hall–Kier alpha value is -3.77. The summed E-state index contributed by atoms with van der Waals surface area (Å²) in [5.41, 5.74) is 12.3. The van der Waals surface area contributed by atoms with Gasteiger partial charge in [0.15, 0.2) is 6.17 Å². The molecule has 0 spiro atoms. The summed E-state index contributed by atoms with van der Waals surface area (Å²) in [7, 11) is 0. The standard InChI is InChI=1S/C26H22N4OS/c1-16-9-8-12-19(15-16)30(26(27)31)25-24-23(28-17(2)32-24)21-14-7-6-13-20(21)22(29-25)18-10-4-3-5-11-18/h3-15,25H,1-2H3,(H2,27,31)/t25-/m1/s1. The first-order valence-electron chi connectivity index (χ1n) is 10.4. The van der Waals surface area contributed by atoms with Crippen molar-refractivity contribution in [3.63, 3.8) is 0 Å². The quantitative estimate of drug-likeness (QED) is 0.435. The number of urea groups is 1. The molecule has 2 heterocycles. The van der Waals surface area contributed by atoms with Crippen LogP contribution >= 0.6 is 11.3 Å². The predicted molar refractivity (Wildman–Crippen MR) is 130 cm³/mol. The molecule has 6 heteroatoms. The lowest BCUT2D eigenvalue weighted by Gasteiger charge is -2.27. The highest BCUT2D eigenvalue weighted by Gasteiger charge is 2.34. The summed E-state index contributed by atoms with van der Waals surface area (Å²) in [6.07, 6.45) is -0.627. The number of nitrogens with two attached hydrogens (primary N) is 1. The van der Waals surface area contributed by atoms with Gasteiger partial charge in [0.05, 0.1) is 21.3 Å². The Morgan fingerprint density at radius 3 is 2.38 bits per heavy atom. The monoisotopic (exact) mass is 438 g/mol. The summed E-state index contributed by atoms with van der Waals surface area (Å²) in [5, 5.41) is 0.918. The number of primary amides is 1. The van der Waals surface area contributed by atoms with Crippen LogP contribution in [0.4, 0.5) is 10.5 Å². The molecule has 158 valence electrons. The molecule has 0 saturated carbocycles. The van der Waals surface area contributed by atoms with Gasteiger partial charge in [0, 0.05) is 22.4 Å². The highest BCUT2D eigenvalue weighted by atomic mass is 32.1. The Morgan fingerprint density at radius 2 is 1.66 bits per heavy atom. The van der Waals surface area contributed by atoms with E-state index in [1.54, 1.807) is 16.2 Å². The van der Waals surface area contributed by atoms with E-state index in [0.717, 1.165) is 43.5 Å². The van der Waals surface area contributed by atoms with E-state index in [-0.39, 0.29) is 0 Å². The topological polar surface area (TPSA) is 71.6 Å². The van der Waals surface area contributed by atoms with E-state index in [9.17, 15) is 4.79 Å². The molecular formula is C26H22N4OS. The van der Waals surface area contributed by atoms with Crippen LogP contribution in [0.1, 0.15) is 32.7 Å². The molecule has 0 aliphatic carbocycles. The van der Waals surface area contributed by atoms with Crippen LogP contribution in [0.2, 0.25) is 0 Å². The second kappa shape index (κ2) is 8.05. The van der Waals surface area contributed by atoms with Crippen LogP contribution in [0, 0.1) is 13.8 Å². The lowest BCUT2D eigenvalue weighted by atomic mass is 9.96. The van der Waals surface area contributed by atoms with Gasteiger partial charge in [-0.2, -0.15) is 0 Å². The van der Waals surface area contributed by atoms with E-state index in [2.05, 4.69) is 12.1 Å². The van der Waals surface area contributed by atoms with E-state index in [1.807, 2.05) is 80.6 Å². The average molecular weight is 439 g/mol. The molecule has 3 aromatic carbocycles. The largest absolute Gasteiger partial charge is 0.351 e. The minimum Gasteiger partial charge on any atom is -0.351 e. The van der Waals surface area contributed by atoms with Gasteiger partial charge in [0.25, 0.3) is 0 Å². The van der Waals surface area contributed by atoms with Crippen LogP contribution in [0.5, 0.6) is 0 Å². The normalized spacial score (nSPS) is 14.7. The molecule has 1 aliphatic heterocycles. The number of thiazole rings is 1. The van der Waals surface area contributed by atoms with Crippen molar-refractivity contribution >= 4 is 28.8 Å². The number of aromatic nitrogens is 1. The number of aryl methyl sites for hydroxylation is 2. The summed E-state index contributed by atoms with van der Waals surface area (Å²) >= 11 is 1.55. The van der Waals surface area contributed by atoms with Gasteiger partial charge in [-0.3, -0.25) is 9.89 Å². The average Bonchev–Trinajstić information content (AvgIpc) is 3.12. The summed E-state index contributed by atoms with van der Waals surface area (Å²) in [5.74, 6) is 0. The fourth-order valence-corrected chi connectivity index (χ4v) is 5.10. The zero-order valence-corrected chi connectivity index (χ0v) is 18.6. The zero-order valence-electron chi connectivity index (χ0n) is 17.8. The number of hydrogen-bond acceptors (Lipinski definition) is 4. The zero-order chi connectivity index (χ0) is 22.2. The molecule has 0 unspecified atom stereocenters. The first kappa shape index (κ1) is 20.2. The summed E-state index contributed by atoms with van der Waals surface area (Å²) in [6.45, 7) is 3.97. The third kappa shape index (κ3) is 3.48. The van der Waals surface area contributed by atoms with Gasteiger partial charge in [-0.15, -0.1) is 11.3 Å². The van der Waals surface area contributed by atoms with Crippen molar-refractivity contribution in [3.8, 4) is 11.3 Å². The number of nitrogens with zero attached hydrogens (tertiary/aromatic N) is 3. The Morgan fingerprint density at radius 1 is 0.938 bits per heavy atom. The van der Waals surface area contributed by atoms with Gasteiger partial charge < -0.3 is 5.73 Å². The van der Waals surface area contributed by atoms with Gasteiger partial charge in [0.1, 0.15) is 0 Å². The highest BCUT2D eigenvalue weighted by Crippen LogP contribution is 2.43. The fraction of sp³-hybridized carbons (Fsp3) is 0.115. The number of benzene rings is 3. The molecule has 2 N–H and O–H groups in total. The number of carbonyl (C=O) groups is 1. The number of fused-ring (bicyclic) bond motifs is 3.